The van der Waals surface area contributed by atoms with Crippen molar-refractivity contribution in [1.82, 2.24) is 15.0 Å². The summed E-state index contributed by atoms with van der Waals surface area (Å²) in [6.45, 7) is -0.589. The summed E-state index contributed by atoms with van der Waals surface area (Å²) in [5, 5.41) is 24.6. The van der Waals surface area contributed by atoms with Gasteiger partial charge in [0.1, 0.15) is 5.69 Å². The predicted molar refractivity (Wildman–Crippen MR) is 59.4 cm³/mol. The number of rotatable bonds is 4. The van der Waals surface area contributed by atoms with Gasteiger partial charge in [0.2, 0.25) is 0 Å². The average molecular weight is 287 g/mol. The van der Waals surface area contributed by atoms with Gasteiger partial charge in [-0.2, -0.15) is 0 Å². The third-order valence-electron chi connectivity index (χ3n) is 2.54. The van der Waals surface area contributed by atoms with E-state index in [9.17, 15) is 18.0 Å². The first kappa shape index (κ1) is 14.0. The third-order valence-corrected chi connectivity index (χ3v) is 2.54. The molecule has 0 unspecified atom stereocenters. The molecule has 0 radical (unpaired) electrons. The van der Waals surface area contributed by atoms with Crippen LogP contribution >= 0.6 is 0 Å². The number of aromatic carboxylic acids is 1. The fraction of sp³-hybridized carbons (Fsp3) is 0.182. The molecule has 2 aromatic rings. The first-order valence-corrected chi connectivity index (χ1v) is 5.39. The highest BCUT2D eigenvalue weighted by Crippen LogP contribution is 2.27. The number of halogens is 3. The van der Waals surface area contributed by atoms with E-state index in [0.717, 1.165) is 10.7 Å². The van der Waals surface area contributed by atoms with Gasteiger partial charge in [-0.05, 0) is 12.1 Å². The lowest BCUT2D eigenvalue weighted by atomic mass is 10.1. The molecule has 0 saturated carbocycles. The van der Waals surface area contributed by atoms with Crippen LogP contribution in [-0.4, -0.2) is 37.8 Å². The Kier molecular flexibility index (Phi) is 3.70. The van der Waals surface area contributed by atoms with E-state index in [1.807, 2.05) is 0 Å². The second-order valence-corrected chi connectivity index (χ2v) is 3.76. The summed E-state index contributed by atoms with van der Waals surface area (Å²) < 4.78 is 40.8. The molecule has 0 aliphatic carbocycles. The fourth-order valence-electron chi connectivity index (χ4n) is 1.68. The molecule has 0 atom stereocenters. The molecule has 0 bridgehead atoms. The number of aliphatic hydroxyl groups excluding tert-OH is 1. The molecule has 0 saturated heterocycles. The zero-order valence-corrected chi connectivity index (χ0v) is 9.85. The summed E-state index contributed by atoms with van der Waals surface area (Å²) in [7, 11) is 0. The van der Waals surface area contributed by atoms with E-state index in [-0.39, 0.29) is 12.2 Å². The number of carbonyl (C=O) groups is 1. The van der Waals surface area contributed by atoms with Crippen LogP contribution < -0.4 is 0 Å². The molecule has 0 spiro atoms. The molecule has 106 valence electrons. The average Bonchev–Trinajstić information content (AvgIpc) is 2.81. The van der Waals surface area contributed by atoms with Crippen LogP contribution in [0.1, 0.15) is 10.5 Å². The summed E-state index contributed by atoms with van der Waals surface area (Å²) >= 11 is 0. The maximum absolute atomic E-state index is 13.8. The first-order valence-electron chi connectivity index (χ1n) is 5.39. The van der Waals surface area contributed by atoms with Crippen LogP contribution in [0.15, 0.2) is 12.1 Å². The summed E-state index contributed by atoms with van der Waals surface area (Å²) in [6.07, 6.45) is 0. The predicted octanol–water partition coefficient (Wildman–Crippen LogP) is 1.05. The first-order chi connectivity index (χ1) is 9.47. The lowest BCUT2D eigenvalue weighted by Crippen LogP contribution is -2.09. The molecule has 20 heavy (non-hydrogen) atoms. The summed E-state index contributed by atoms with van der Waals surface area (Å²) in [4.78, 5) is 11.0. The molecule has 0 fully saturated rings. The lowest BCUT2D eigenvalue weighted by molar-refractivity contribution is 0.0691. The van der Waals surface area contributed by atoms with Gasteiger partial charge in [0, 0.05) is 5.56 Å². The maximum atomic E-state index is 13.8. The molecular weight excluding hydrogens is 279 g/mol. The highest BCUT2D eigenvalue weighted by Gasteiger charge is 2.25. The Morgan fingerprint density at radius 3 is 2.55 bits per heavy atom. The third kappa shape index (κ3) is 2.23. The van der Waals surface area contributed by atoms with Crippen LogP contribution in [0.2, 0.25) is 0 Å². The van der Waals surface area contributed by atoms with Crippen LogP contribution in [0.3, 0.4) is 0 Å². The van der Waals surface area contributed by atoms with Gasteiger partial charge in [-0.15, -0.1) is 5.10 Å². The maximum Gasteiger partial charge on any atom is 0.358 e. The van der Waals surface area contributed by atoms with Crippen molar-refractivity contribution in [2.75, 3.05) is 6.61 Å². The van der Waals surface area contributed by atoms with Crippen LogP contribution in [0.25, 0.3) is 11.3 Å². The van der Waals surface area contributed by atoms with Crippen molar-refractivity contribution in [1.29, 1.82) is 0 Å². The quantitative estimate of drug-likeness (QED) is 0.821. The minimum atomic E-state index is -1.73. The van der Waals surface area contributed by atoms with Crippen molar-refractivity contribution in [3.63, 3.8) is 0 Å². The SMILES string of the molecule is O=C(O)c1nnn(CCO)c1-c1ccc(F)c(F)c1F. The van der Waals surface area contributed by atoms with Crippen molar-refractivity contribution in [2.24, 2.45) is 0 Å². The van der Waals surface area contributed by atoms with Gasteiger partial charge in [-0.1, -0.05) is 5.21 Å². The molecule has 0 aliphatic heterocycles. The molecule has 0 amide bonds. The Hall–Kier alpha value is -2.42. The van der Waals surface area contributed by atoms with Gasteiger partial charge in [-0.3, -0.25) is 0 Å². The van der Waals surface area contributed by atoms with Crippen LogP contribution in [0.5, 0.6) is 0 Å². The van der Waals surface area contributed by atoms with Crippen LogP contribution in [-0.2, 0) is 6.54 Å². The Labute approximate surface area is 110 Å². The van der Waals surface area contributed by atoms with E-state index >= 15 is 0 Å². The highest BCUT2D eigenvalue weighted by atomic mass is 19.2. The number of hydrogen-bond donors (Lipinski definition) is 2. The van der Waals surface area contributed by atoms with Gasteiger partial charge < -0.3 is 10.2 Å². The molecule has 1 heterocycles. The molecule has 1 aromatic carbocycles. The lowest BCUT2D eigenvalue weighted by Gasteiger charge is -2.07. The number of aromatic nitrogens is 3. The Balaban J connectivity index is 2.70. The van der Waals surface area contributed by atoms with E-state index in [1.165, 1.54) is 0 Å². The summed E-state index contributed by atoms with van der Waals surface area (Å²) in [5.74, 6) is -6.18. The zero-order chi connectivity index (χ0) is 14.9. The largest absolute Gasteiger partial charge is 0.476 e. The molecule has 2 rings (SSSR count). The van der Waals surface area contributed by atoms with Gasteiger partial charge in [0.25, 0.3) is 0 Å². The van der Waals surface area contributed by atoms with Gasteiger partial charge in [-0.25, -0.2) is 22.6 Å². The van der Waals surface area contributed by atoms with E-state index in [1.54, 1.807) is 0 Å². The standard InChI is InChI=1S/C11H8F3N3O3/c12-6-2-1-5(7(13)8(6)14)10-9(11(19)20)15-16-17(10)3-4-18/h1-2,18H,3-4H2,(H,19,20). The summed E-state index contributed by atoms with van der Waals surface area (Å²) in [5.41, 5.74) is -1.47. The molecule has 2 N–H and O–H groups in total. The van der Waals surface area contributed by atoms with Crippen molar-refractivity contribution < 1.29 is 28.2 Å². The van der Waals surface area contributed by atoms with Crippen molar-refractivity contribution in [2.45, 2.75) is 6.54 Å². The number of nitrogens with zero attached hydrogens (tertiary/aromatic N) is 3. The smallest absolute Gasteiger partial charge is 0.358 e. The monoisotopic (exact) mass is 287 g/mol. The molecule has 9 heteroatoms. The normalized spacial score (nSPS) is 10.8. The molecular formula is C11H8F3N3O3. The topological polar surface area (TPSA) is 88.2 Å². The number of benzene rings is 1. The van der Waals surface area contributed by atoms with Gasteiger partial charge in [0.05, 0.1) is 13.2 Å². The van der Waals surface area contributed by atoms with Crippen molar-refractivity contribution in [3.05, 3.63) is 35.3 Å². The number of aliphatic hydroxyl groups is 1. The number of hydrogen-bond acceptors (Lipinski definition) is 4. The second kappa shape index (κ2) is 5.29. The number of carboxylic acid groups (broad SMARTS) is 1. The molecule has 0 aliphatic rings. The van der Waals surface area contributed by atoms with E-state index in [0.29, 0.717) is 6.07 Å². The minimum Gasteiger partial charge on any atom is -0.476 e. The summed E-state index contributed by atoms with van der Waals surface area (Å²) in [6, 6.07) is 1.54. The van der Waals surface area contributed by atoms with E-state index < -0.39 is 41.3 Å². The second-order valence-electron chi connectivity index (χ2n) is 3.76. The van der Waals surface area contributed by atoms with Crippen molar-refractivity contribution >= 4 is 5.97 Å². The van der Waals surface area contributed by atoms with Crippen molar-refractivity contribution in [3.8, 4) is 11.3 Å². The van der Waals surface area contributed by atoms with Crippen LogP contribution in [0, 0.1) is 17.5 Å². The van der Waals surface area contributed by atoms with E-state index in [2.05, 4.69) is 10.3 Å². The molecule has 1 aromatic heterocycles. The Bertz CT molecular complexity index is 672. The highest BCUT2D eigenvalue weighted by molar-refractivity contribution is 5.92. The Morgan fingerprint density at radius 1 is 1.25 bits per heavy atom. The van der Waals surface area contributed by atoms with E-state index in [4.69, 9.17) is 10.2 Å². The zero-order valence-electron chi connectivity index (χ0n) is 9.85. The fourth-order valence-corrected chi connectivity index (χ4v) is 1.68. The molecule has 6 nitrogen and oxygen atoms in total. The van der Waals surface area contributed by atoms with Gasteiger partial charge >= 0.3 is 5.97 Å². The van der Waals surface area contributed by atoms with Crippen LogP contribution in [0.4, 0.5) is 13.2 Å². The number of carboxylic acids is 1. The Morgan fingerprint density at radius 2 is 1.95 bits per heavy atom. The van der Waals surface area contributed by atoms with Gasteiger partial charge in [0.15, 0.2) is 23.1 Å². The minimum absolute atomic E-state index is 0.173.